The number of carbonyl (C=O) groups is 2. The molecule has 5 rings (SSSR count). The van der Waals surface area contributed by atoms with Crippen LogP contribution in [0.5, 0.6) is 5.75 Å². The Morgan fingerprint density at radius 2 is 1.87 bits per heavy atom. The van der Waals surface area contributed by atoms with Crippen LogP contribution in [0.1, 0.15) is 41.6 Å². The van der Waals surface area contributed by atoms with Crippen LogP contribution in [-0.4, -0.2) is 35.3 Å². The van der Waals surface area contributed by atoms with Gasteiger partial charge in [-0.05, 0) is 38.1 Å². The number of hydrogen-bond donors (Lipinski definition) is 1. The molecule has 1 unspecified atom stereocenters. The van der Waals surface area contributed by atoms with E-state index >= 15 is 0 Å². The van der Waals surface area contributed by atoms with Crippen LogP contribution in [0.2, 0.25) is 0 Å². The number of fused-ring (bicyclic) bond motifs is 1. The maximum Gasteiger partial charge on any atom is 0.338 e. The molecule has 2 aromatic carbocycles. The molecule has 0 saturated carbocycles. The van der Waals surface area contributed by atoms with E-state index in [0.29, 0.717) is 43.4 Å². The molecule has 1 aliphatic rings. The zero-order valence-electron chi connectivity index (χ0n) is 21.3. The zero-order chi connectivity index (χ0) is 27.7. The normalized spacial score (nSPS) is 15.1. The lowest BCUT2D eigenvalue weighted by molar-refractivity contribution is -0.139. The largest absolute Gasteiger partial charge is 0.496 e. The first-order valence-electron chi connectivity index (χ1n) is 12.1. The van der Waals surface area contributed by atoms with E-state index in [9.17, 15) is 19.5 Å². The molecule has 4 aromatic rings. The summed E-state index contributed by atoms with van der Waals surface area (Å²) in [6, 6.07) is 16.2. The second-order valence-electron chi connectivity index (χ2n) is 8.60. The highest BCUT2D eigenvalue weighted by atomic mass is 32.1. The fraction of sp³-hybridized carbons (Fsp3) is 0.172. The molecule has 39 heavy (non-hydrogen) atoms. The van der Waals surface area contributed by atoms with Gasteiger partial charge in [0, 0.05) is 17.2 Å². The fourth-order valence-electron chi connectivity index (χ4n) is 4.57. The Morgan fingerprint density at radius 3 is 2.62 bits per heavy atom. The predicted octanol–water partition coefficient (Wildman–Crippen LogP) is 3.77. The van der Waals surface area contributed by atoms with E-state index in [4.69, 9.17) is 13.9 Å². The summed E-state index contributed by atoms with van der Waals surface area (Å²) >= 11 is 1.16. The lowest BCUT2D eigenvalue weighted by atomic mass is 9.95. The number of aromatic nitrogens is 1. The average molecular weight is 545 g/mol. The minimum absolute atomic E-state index is 0.108. The number of benzene rings is 2. The monoisotopic (exact) mass is 544 g/mol. The van der Waals surface area contributed by atoms with Crippen LogP contribution in [0, 0.1) is 0 Å². The number of hydrogen-bond acceptors (Lipinski definition) is 8. The van der Waals surface area contributed by atoms with E-state index in [-0.39, 0.29) is 23.3 Å². The second kappa shape index (κ2) is 10.6. The first-order chi connectivity index (χ1) is 18.8. The van der Waals surface area contributed by atoms with Crippen molar-refractivity contribution in [1.82, 2.24) is 4.57 Å². The Bertz CT molecular complexity index is 1810. The summed E-state index contributed by atoms with van der Waals surface area (Å²) in [5, 5.41) is 9.52. The number of methoxy groups -OCH3 is 1. The summed E-state index contributed by atoms with van der Waals surface area (Å²) in [4.78, 5) is 43.5. The summed E-state index contributed by atoms with van der Waals surface area (Å²) in [6.07, 6.45) is 1.58. The van der Waals surface area contributed by atoms with E-state index in [1.165, 1.54) is 17.7 Å². The maximum absolute atomic E-state index is 13.8. The van der Waals surface area contributed by atoms with Crippen molar-refractivity contribution in [3.05, 3.63) is 109 Å². The van der Waals surface area contributed by atoms with Crippen LogP contribution < -0.4 is 19.6 Å². The number of furan rings is 1. The quantitative estimate of drug-likeness (QED) is 0.352. The molecule has 0 radical (unpaired) electrons. The molecular formula is C29H24N2O7S. The second-order valence-corrected chi connectivity index (χ2v) is 9.61. The minimum Gasteiger partial charge on any atom is -0.496 e. The molecule has 9 nitrogen and oxygen atoms in total. The molecule has 0 amide bonds. The van der Waals surface area contributed by atoms with Gasteiger partial charge in [-0.25, -0.2) is 14.6 Å². The van der Waals surface area contributed by atoms with Crippen molar-refractivity contribution in [2.45, 2.75) is 19.9 Å². The smallest absolute Gasteiger partial charge is 0.338 e. The van der Waals surface area contributed by atoms with Gasteiger partial charge in [-0.1, -0.05) is 47.7 Å². The van der Waals surface area contributed by atoms with E-state index in [2.05, 4.69) is 4.99 Å². The first-order valence-corrected chi connectivity index (χ1v) is 12.9. The maximum atomic E-state index is 13.8. The predicted molar refractivity (Wildman–Crippen MR) is 144 cm³/mol. The number of carboxylic acid groups (broad SMARTS) is 1. The molecule has 2 aromatic heterocycles. The van der Waals surface area contributed by atoms with Crippen molar-refractivity contribution in [3.63, 3.8) is 0 Å². The SMILES string of the molecule is CCOC(=O)C1=C(C)N=c2s/c(=C/c3ccc(-c4ccccc4C(=O)O)o3)c(=O)n2C1c1ccccc1OC. The fourth-order valence-corrected chi connectivity index (χ4v) is 5.59. The number of aromatic carboxylic acids is 1. The van der Waals surface area contributed by atoms with E-state index in [0.717, 1.165) is 11.3 Å². The van der Waals surface area contributed by atoms with Gasteiger partial charge in [-0.3, -0.25) is 9.36 Å². The third-order valence-corrected chi connectivity index (χ3v) is 7.26. The third-order valence-electron chi connectivity index (χ3n) is 6.27. The van der Waals surface area contributed by atoms with E-state index < -0.39 is 18.0 Å². The topological polar surface area (TPSA) is 120 Å². The van der Waals surface area contributed by atoms with Crippen LogP contribution in [0.15, 0.2) is 86.1 Å². The molecule has 3 heterocycles. The van der Waals surface area contributed by atoms with Crippen molar-refractivity contribution >= 4 is 29.4 Å². The lowest BCUT2D eigenvalue weighted by Crippen LogP contribution is -2.40. The summed E-state index contributed by atoms with van der Waals surface area (Å²) in [5.41, 5.74) is 1.49. The van der Waals surface area contributed by atoms with Crippen LogP contribution in [0.25, 0.3) is 17.4 Å². The average Bonchev–Trinajstić information content (AvgIpc) is 3.52. The summed E-state index contributed by atoms with van der Waals surface area (Å²) in [5.74, 6) is -0.385. The lowest BCUT2D eigenvalue weighted by Gasteiger charge is -2.25. The van der Waals surface area contributed by atoms with E-state index in [1.54, 1.807) is 62.4 Å². The van der Waals surface area contributed by atoms with Gasteiger partial charge in [0.25, 0.3) is 5.56 Å². The highest BCUT2D eigenvalue weighted by molar-refractivity contribution is 7.07. The zero-order valence-corrected chi connectivity index (χ0v) is 22.2. The van der Waals surface area contributed by atoms with Gasteiger partial charge >= 0.3 is 11.9 Å². The van der Waals surface area contributed by atoms with Crippen LogP contribution in [0.4, 0.5) is 0 Å². The third kappa shape index (κ3) is 4.70. The van der Waals surface area contributed by atoms with Crippen molar-refractivity contribution in [3.8, 4) is 17.1 Å². The highest BCUT2D eigenvalue weighted by Crippen LogP contribution is 2.35. The van der Waals surface area contributed by atoms with Crippen molar-refractivity contribution in [1.29, 1.82) is 0 Å². The molecule has 0 spiro atoms. The van der Waals surface area contributed by atoms with Gasteiger partial charge in [0.05, 0.1) is 35.1 Å². The molecule has 0 saturated heterocycles. The Hall–Kier alpha value is -4.70. The van der Waals surface area contributed by atoms with Crippen molar-refractivity contribution in [2.75, 3.05) is 13.7 Å². The van der Waals surface area contributed by atoms with Crippen LogP contribution in [-0.2, 0) is 9.53 Å². The molecule has 0 bridgehead atoms. The Balaban J connectivity index is 1.66. The van der Waals surface area contributed by atoms with Gasteiger partial charge in [-0.2, -0.15) is 0 Å². The Kier molecular flexibility index (Phi) is 7.03. The molecule has 0 fully saturated rings. The number of carboxylic acids is 1. The summed E-state index contributed by atoms with van der Waals surface area (Å²) < 4.78 is 18.6. The minimum atomic E-state index is -1.07. The van der Waals surface area contributed by atoms with Crippen molar-refractivity contribution in [2.24, 2.45) is 4.99 Å². The molecular weight excluding hydrogens is 520 g/mol. The summed E-state index contributed by atoms with van der Waals surface area (Å²) in [6.45, 7) is 3.60. The number of thiazole rings is 1. The van der Waals surface area contributed by atoms with Crippen molar-refractivity contribution < 1.29 is 28.6 Å². The van der Waals surface area contributed by atoms with Gasteiger partial charge < -0.3 is 19.0 Å². The number of nitrogens with zero attached hydrogens (tertiary/aromatic N) is 2. The number of allylic oxidation sites excluding steroid dienone is 1. The van der Waals surface area contributed by atoms with Gasteiger partial charge in [0.2, 0.25) is 0 Å². The standard InChI is InChI=1S/C29H24N2O7S/c1-4-37-28(35)24-16(2)30-29-31(25(24)20-11-7-8-12-21(20)36-3)26(32)23(39-29)15-17-13-14-22(38-17)18-9-5-6-10-19(18)27(33)34/h5-15,25H,4H2,1-3H3,(H,33,34)/b23-15+. The first kappa shape index (κ1) is 25.9. The molecule has 0 aliphatic carbocycles. The number of esters is 1. The van der Waals surface area contributed by atoms with Crippen LogP contribution in [0.3, 0.4) is 0 Å². The number of carbonyl (C=O) groups excluding carboxylic acids is 1. The molecule has 1 aliphatic heterocycles. The number of para-hydroxylation sites is 1. The summed E-state index contributed by atoms with van der Waals surface area (Å²) in [7, 11) is 1.53. The van der Waals surface area contributed by atoms with E-state index in [1.807, 2.05) is 12.1 Å². The Labute approximate surface area is 226 Å². The van der Waals surface area contributed by atoms with Gasteiger partial charge in [0.15, 0.2) is 4.80 Å². The number of rotatable bonds is 7. The number of ether oxygens (including phenoxy) is 2. The molecule has 1 N–H and O–H groups in total. The molecule has 198 valence electrons. The molecule has 10 heteroatoms. The molecule has 1 atom stereocenters. The van der Waals surface area contributed by atoms with Gasteiger partial charge in [-0.15, -0.1) is 0 Å². The van der Waals surface area contributed by atoms with Gasteiger partial charge in [0.1, 0.15) is 23.3 Å². The van der Waals surface area contributed by atoms with Crippen LogP contribution >= 0.6 is 11.3 Å². The Morgan fingerprint density at radius 1 is 1.13 bits per heavy atom. The highest BCUT2D eigenvalue weighted by Gasteiger charge is 2.35.